The van der Waals surface area contributed by atoms with Crippen LogP contribution < -0.4 is 10.6 Å². The molecule has 0 bridgehead atoms. The fourth-order valence-electron chi connectivity index (χ4n) is 2.12. The fourth-order valence-corrected chi connectivity index (χ4v) is 3.75. The van der Waals surface area contributed by atoms with Crippen molar-refractivity contribution in [2.24, 2.45) is 10.8 Å². The topological polar surface area (TPSA) is 58.2 Å². The van der Waals surface area contributed by atoms with Gasteiger partial charge in [-0.15, -0.1) is 0 Å². The van der Waals surface area contributed by atoms with E-state index in [0.717, 1.165) is 23.0 Å². The minimum Gasteiger partial charge on any atom is -0.355 e. The molecule has 1 aromatic carbocycles. The Hall–Kier alpha value is -1.14. The van der Waals surface area contributed by atoms with Crippen LogP contribution in [0.3, 0.4) is 0 Å². The lowest BCUT2D eigenvalue weighted by atomic mass is 9.96. The molecular weight excluding hydrogens is 388 g/mol. The number of nitrogens with one attached hydrogen (secondary N) is 2. The van der Waals surface area contributed by atoms with Gasteiger partial charge in [0.1, 0.15) is 0 Å². The third kappa shape index (κ3) is 10.4. The van der Waals surface area contributed by atoms with Crippen molar-refractivity contribution in [1.82, 2.24) is 10.6 Å². The lowest BCUT2D eigenvalue weighted by Crippen LogP contribution is -2.36. The van der Waals surface area contributed by atoms with Gasteiger partial charge in [0.2, 0.25) is 11.8 Å². The Labute approximate surface area is 179 Å². The third-order valence-corrected chi connectivity index (χ3v) is 6.05. The van der Waals surface area contributed by atoms with Crippen molar-refractivity contribution in [3.05, 3.63) is 35.4 Å². The van der Waals surface area contributed by atoms with Crippen molar-refractivity contribution >= 4 is 35.3 Å². The zero-order valence-corrected chi connectivity index (χ0v) is 19.8. The normalized spacial score (nSPS) is 11.9. The first-order valence-electron chi connectivity index (χ1n) is 9.80. The van der Waals surface area contributed by atoms with Gasteiger partial charge in [0.05, 0.1) is 0 Å². The highest BCUT2D eigenvalue weighted by Crippen LogP contribution is 2.17. The van der Waals surface area contributed by atoms with E-state index in [-0.39, 0.29) is 22.6 Å². The van der Waals surface area contributed by atoms with Crippen molar-refractivity contribution < 1.29 is 9.59 Å². The summed E-state index contributed by atoms with van der Waals surface area (Å²) in [6.07, 6.45) is 0. The summed E-state index contributed by atoms with van der Waals surface area (Å²) in [5, 5.41) is 5.96. The molecule has 158 valence electrons. The molecule has 1 aromatic rings. The number of carbonyl (C=O) groups is 2. The maximum Gasteiger partial charge on any atom is 0.225 e. The van der Waals surface area contributed by atoms with Gasteiger partial charge < -0.3 is 10.6 Å². The van der Waals surface area contributed by atoms with Crippen molar-refractivity contribution in [2.75, 3.05) is 24.6 Å². The number of thioether (sulfide) groups is 2. The maximum absolute atomic E-state index is 11.8. The number of hydrogen-bond acceptors (Lipinski definition) is 4. The summed E-state index contributed by atoms with van der Waals surface area (Å²) in [7, 11) is 0. The van der Waals surface area contributed by atoms with E-state index in [0.29, 0.717) is 13.1 Å². The molecule has 0 heterocycles. The second kappa shape index (κ2) is 11.8. The molecule has 6 heteroatoms. The van der Waals surface area contributed by atoms with E-state index in [9.17, 15) is 9.59 Å². The maximum atomic E-state index is 11.8. The average molecular weight is 425 g/mol. The SMILES string of the molecule is CC(C)(C)C(=O)NCCSCc1ccc(CSCCNC(=O)C(C)(C)C)cc1. The van der Waals surface area contributed by atoms with E-state index >= 15 is 0 Å². The van der Waals surface area contributed by atoms with Crippen molar-refractivity contribution in [1.29, 1.82) is 0 Å². The van der Waals surface area contributed by atoms with Crippen LogP contribution in [0, 0.1) is 10.8 Å². The molecule has 4 nitrogen and oxygen atoms in total. The van der Waals surface area contributed by atoms with Gasteiger partial charge in [0, 0.05) is 46.9 Å². The number of rotatable bonds is 10. The largest absolute Gasteiger partial charge is 0.355 e. The minimum atomic E-state index is -0.323. The van der Waals surface area contributed by atoms with Gasteiger partial charge >= 0.3 is 0 Å². The Morgan fingerprint density at radius 1 is 0.714 bits per heavy atom. The molecule has 28 heavy (non-hydrogen) atoms. The summed E-state index contributed by atoms with van der Waals surface area (Å²) in [4.78, 5) is 23.6. The summed E-state index contributed by atoms with van der Waals surface area (Å²) < 4.78 is 0. The van der Waals surface area contributed by atoms with Gasteiger partial charge in [-0.25, -0.2) is 0 Å². The second-order valence-corrected chi connectivity index (χ2v) is 11.1. The molecule has 1 rings (SSSR count). The molecule has 2 amide bonds. The summed E-state index contributed by atoms with van der Waals surface area (Å²) in [5.41, 5.74) is 1.96. The molecule has 0 aliphatic carbocycles. The van der Waals surface area contributed by atoms with Crippen LogP contribution >= 0.6 is 23.5 Å². The van der Waals surface area contributed by atoms with Crippen LogP contribution in [0.15, 0.2) is 24.3 Å². The van der Waals surface area contributed by atoms with Crippen LogP contribution in [0.1, 0.15) is 52.7 Å². The Morgan fingerprint density at radius 3 is 1.32 bits per heavy atom. The van der Waals surface area contributed by atoms with Crippen LogP contribution in [0.5, 0.6) is 0 Å². The molecule has 0 aliphatic rings. The molecule has 0 saturated heterocycles. The van der Waals surface area contributed by atoms with Gasteiger partial charge in [0.25, 0.3) is 0 Å². The lowest BCUT2D eigenvalue weighted by molar-refractivity contribution is -0.129. The zero-order valence-electron chi connectivity index (χ0n) is 18.2. The van der Waals surface area contributed by atoms with Gasteiger partial charge in [-0.05, 0) is 11.1 Å². The number of carbonyl (C=O) groups excluding carboxylic acids is 2. The van der Waals surface area contributed by atoms with E-state index < -0.39 is 0 Å². The predicted molar refractivity (Wildman–Crippen MR) is 124 cm³/mol. The molecular formula is C22H36N2O2S2. The molecule has 2 N–H and O–H groups in total. The molecule has 0 aliphatic heterocycles. The Kier molecular flexibility index (Phi) is 10.5. The highest BCUT2D eigenvalue weighted by Gasteiger charge is 2.20. The Balaban J connectivity index is 2.17. The van der Waals surface area contributed by atoms with Gasteiger partial charge in [-0.1, -0.05) is 65.8 Å². The molecule has 0 aromatic heterocycles. The molecule has 0 radical (unpaired) electrons. The number of hydrogen-bond donors (Lipinski definition) is 2. The molecule has 0 spiro atoms. The second-order valence-electron chi connectivity index (χ2n) is 8.93. The van der Waals surface area contributed by atoms with Crippen molar-refractivity contribution in [3.63, 3.8) is 0 Å². The van der Waals surface area contributed by atoms with Crippen LogP contribution in [0.2, 0.25) is 0 Å². The first-order valence-corrected chi connectivity index (χ1v) is 12.1. The van der Waals surface area contributed by atoms with Crippen molar-refractivity contribution in [3.8, 4) is 0 Å². The molecule has 0 unspecified atom stereocenters. The highest BCUT2D eigenvalue weighted by atomic mass is 32.2. The summed E-state index contributed by atoms with van der Waals surface area (Å²) in [6.45, 7) is 13.0. The van der Waals surface area contributed by atoms with Gasteiger partial charge in [-0.3, -0.25) is 9.59 Å². The number of amides is 2. The standard InChI is InChI=1S/C22H36N2O2S2/c1-21(2,3)19(25)23-11-13-27-15-17-7-9-18(10-8-17)16-28-14-12-24-20(26)22(4,5)6/h7-10H,11-16H2,1-6H3,(H,23,25)(H,24,26). The van der Waals surface area contributed by atoms with E-state index in [2.05, 4.69) is 34.9 Å². The first kappa shape index (κ1) is 24.9. The predicted octanol–water partition coefficient (Wildman–Crippen LogP) is 4.48. The molecule has 0 saturated carbocycles. The lowest BCUT2D eigenvalue weighted by Gasteiger charge is -2.17. The van der Waals surface area contributed by atoms with Crippen LogP contribution in [0.25, 0.3) is 0 Å². The molecule has 0 atom stereocenters. The summed E-state index contributed by atoms with van der Waals surface area (Å²) >= 11 is 3.67. The van der Waals surface area contributed by atoms with Crippen LogP contribution in [-0.2, 0) is 21.1 Å². The first-order chi connectivity index (χ1) is 13.0. The smallest absolute Gasteiger partial charge is 0.225 e. The van der Waals surface area contributed by atoms with Crippen LogP contribution in [-0.4, -0.2) is 36.4 Å². The van der Waals surface area contributed by atoms with E-state index in [1.54, 1.807) is 0 Å². The van der Waals surface area contributed by atoms with E-state index in [1.807, 2.05) is 65.1 Å². The van der Waals surface area contributed by atoms with Crippen LogP contribution in [0.4, 0.5) is 0 Å². The highest BCUT2D eigenvalue weighted by molar-refractivity contribution is 7.98. The zero-order chi connectivity index (χ0) is 21.2. The summed E-state index contributed by atoms with van der Waals surface area (Å²) in [6, 6.07) is 8.71. The minimum absolute atomic E-state index is 0.105. The van der Waals surface area contributed by atoms with Crippen molar-refractivity contribution in [2.45, 2.75) is 53.0 Å². The van der Waals surface area contributed by atoms with Gasteiger partial charge in [-0.2, -0.15) is 23.5 Å². The summed E-state index contributed by atoms with van der Waals surface area (Å²) in [5.74, 6) is 3.95. The monoisotopic (exact) mass is 424 g/mol. The number of benzene rings is 1. The fraction of sp³-hybridized carbons (Fsp3) is 0.636. The van der Waals surface area contributed by atoms with E-state index in [1.165, 1.54) is 11.1 Å². The Bertz CT molecular complexity index is 562. The van der Waals surface area contributed by atoms with E-state index in [4.69, 9.17) is 0 Å². The Morgan fingerprint density at radius 2 is 1.04 bits per heavy atom. The average Bonchev–Trinajstić information content (AvgIpc) is 2.60. The quantitative estimate of drug-likeness (QED) is 0.544. The van der Waals surface area contributed by atoms with Gasteiger partial charge in [0.15, 0.2) is 0 Å². The molecule has 0 fully saturated rings. The third-order valence-electron chi connectivity index (χ3n) is 3.99.